The molecule has 0 saturated carbocycles. The lowest BCUT2D eigenvalue weighted by Gasteiger charge is -2.18. The van der Waals surface area contributed by atoms with Gasteiger partial charge in [0.1, 0.15) is 0 Å². The number of rotatable bonds is 5. The van der Waals surface area contributed by atoms with Gasteiger partial charge in [0.2, 0.25) is 0 Å². The van der Waals surface area contributed by atoms with Crippen LogP contribution in [0.1, 0.15) is 41.3 Å². The molecular formula is C17H24N4O. The van der Waals surface area contributed by atoms with Crippen molar-refractivity contribution in [1.29, 1.82) is 0 Å². The largest absolute Gasteiger partial charge is 0.350 e. The highest BCUT2D eigenvalue weighted by molar-refractivity contribution is 5.95. The Morgan fingerprint density at radius 2 is 2.09 bits per heavy atom. The normalized spacial score (nSPS) is 11.5. The van der Waals surface area contributed by atoms with Crippen molar-refractivity contribution in [3.8, 4) is 0 Å². The van der Waals surface area contributed by atoms with Gasteiger partial charge in [-0.1, -0.05) is 6.07 Å². The molecular weight excluding hydrogens is 276 g/mol. The number of hydrogen-bond acceptors (Lipinski definition) is 3. The number of nitrogens with one attached hydrogen (secondary N) is 1. The molecule has 5 heteroatoms. The molecule has 2 heterocycles. The van der Waals surface area contributed by atoms with Crippen LogP contribution in [0.5, 0.6) is 0 Å². The molecule has 118 valence electrons. The van der Waals surface area contributed by atoms with Crippen LogP contribution in [0.3, 0.4) is 0 Å². The quantitative estimate of drug-likeness (QED) is 0.887. The summed E-state index contributed by atoms with van der Waals surface area (Å²) in [5.74, 6) is -0.0844. The van der Waals surface area contributed by atoms with Crippen LogP contribution in [0, 0.1) is 13.8 Å². The Kier molecular flexibility index (Phi) is 4.66. The fourth-order valence-corrected chi connectivity index (χ4v) is 2.33. The summed E-state index contributed by atoms with van der Waals surface area (Å²) in [7, 11) is 0. The fourth-order valence-electron chi connectivity index (χ4n) is 2.33. The maximum atomic E-state index is 12.3. The van der Waals surface area contributed by atoms with Gasteiger partial charge in [-0.05, 0) is 45.9 Å². The van der Waals surface area contributed by atoms with Crippen molar-refractivity contribution in [2.24, 2.45) is 5.73 Å². The Morgan fingerprint density at radius 3 is 2.68 bits per heavy atom. The minimum Gasteiger partial charge on any atom is -0.350 e. The first kappa shape index (κ1) is 16.2. The Morgan fingerprint density at radius 1 is 1.36 bits per heavy atom. The molecule has 0 spiro atoms. The van der Waals surface area contributed by atoms with Gasteiger partial charge in [0.15, 0.2) is 0 Å². The van der Waals surface area contributed by atoms with E-state index < -0.39 is 5.54 Å². The third-order valence-corrected chi connectivity index (χ3v) is 3.57. The summed E-state index contributed by atoms with van der Waals surface area (Å²) in [6.45, 7) is 8.83. The lowest BCUT2D eigenvalue weighted by molar-refractivity contribution is 0.0945. The Labute approximate surface area is 131 Å². The third kappa shape index (κ3) is 3.95. The molecule has 0 aliphatic carbocycles. The van der Waals surface area contributed by atoms with Crippen molar-refractivity contribution in [2.45, 2.75) is 39.8 Å². The summed E-state index contributed by atoms with van der Waals surface area (Å²) < 4.78 is 2.10. The number of carbonyl (C=O) groups excluding carboxylic acids is 1. The summed E-state index contributed by atoms with van der Waals surface area (Å²) in [5.41, 5.74) is 9.13. The predicted molar refractivity (Wildman–Crippen MR) is 87.8 cm³/mol. The first-order valence-electron chi connectivity index (χ1n) is 7.41. The molecule has 0 saturated heterocycles. The number of nitrogens with two attached hydrogens (primary N) is 1. The van der Waals surface area contributed by atoms with Crippen LogP contribution in [0.15, 0.2) is 30.5 Å². The second-order valence-electron chi connectivity index (χ2n) is 6.36. The van der Waals surface area contributed by atoms with Gasteiger partial charge in [0, 0.05) is 29.7 Å². The molecule has 22 heavy (non-hydrogen) atoms. The molecule has 0 atom stereocenters. The van der Waals surface area contributed by atoms with Crippen LogP contribution in [0.2, 0.25) is 0 Å². The molecule has 0 bridgehead atoms. The standard InChI is InChI=1S/C17H24N4O/c1-12-9-15(16(22)20-11-17(3,4)18)13(2)21(12)10-14-7-5-6-8-19-14/h5-9H,10-11,18H2,1-4H3,(H,20,22). The topological polar surface area (TPSA) is 72.9 Å². The lowest BCUT2D eigenvalue weighted by Crippen LogP contribution is -2.45. The molecule has 5 nitrogen and oxygen atoms in total. The molecule has 2 aromatic rings. The first-order valence-corrected chi connectivity index (χ1v) is 7.41. The van der Waals surface area contributed by atoms with Crippen molar-refractivity contribution in [3.63, 3.8) is 0 Å². The van der Waals surface area contributed by atoms with Gasteiger partial charge in [-0.2, -0.15) is 0 Å². The predicted octanol–water partition coefficient (Wildman–Crippen LogP) is 2.02. The monoisotopic (exact) mass is 300 g/mol. The average molecular weight is 300 g/mol. The number of pyridine rings is 1. The fraction of sp³-hybridized carbons (Fsp3) is 0.412. The van der Waals surface area contributed by atoms with Crippen LogP contribution in [-0.2, 0) is 6.54 Å². The van der Waals surface area contributed by atoms with Gasteiger partial charge < -0.3 is 15.6 Å². The van der Waals surface area contributed by atoms with Crippen LogP contribution in [-0.4, -0.2) is 27.5 Å². The second-order valence-corrected chi connectivity index (χ2v) is 6.36. The molecule has 0 aliphatic heterocycles. The number of aromatic nitrogens is 2. The highest BCUT2D eigenvalue weighted by atomic mass is 16.1. The third-order valence-electron chi connectivity index (χ3n) is 3.57. The van der Waals surface area contributed by atoms with Gasteiger partial charge in [-0.15, -0.1) is 0 Å². The summed E-state index contributed by atoms with van der Waals surface area (Å²) in [6, 6.07) is 7.76. The maximum absolute atomic E-state index is 12.3. The highest BCUT2D eigenvalue weighted by Gasteiger charge is 2.18. The van der Waals surface area contributed by atoms with Crippen molar-refractivity contribution in [2.75, 3.05) is 6.54 Å². The van der Waals surface area contributed by atoms with Gasteiger partial charge in [-0.25, -0.2) is 0 Å². The molecule has 0 aromatic carbocycles. The Balaban J connectivity index is 2.18. The minimum absolute atomic E-state index is 0.0844. The molecule has 0 radical (unpaired) electrons. The smallest absolute Gasteiger partial charge is 0.253 e. The van der Waals surface area contributed by atoms with Gasteiger partial charge >= 0.3 is 0 Å². The zero-order chi connectivity index (χ0) is 16.3. The zero-order valence-corrected chi connectivity index (χ0v) is 13.7. The van der Waals surface area contributed by atoms with E-state index in [1.54, 1.807) is 6.20 Å². The molecule has 0 unspecified atom stereocenters. The number of amides is 1. The first-order chi connectivity index (χ1) is 10.3. The maximum Gasteiger partial charge on any atom is 0.253 e. The molecule has 2 aromatic heterocycles. The summed E-state index contributed by atoms with van der Waals surface area (Å²) in [5, 5.41) is 2.89. The van der Waals surface area contributed by atoms with E-state index in [0.717, 1.165) is 17.1 Å². The number of aryl methyl sites for hydroxylation is 1. The summed E-state index contributed by atoms with van der Waals surface area (Å²) in [4.78, 5) is 16.7. The van der Waals surface area contributed by atoms with Crippen LogP contribution < -0.4 is 11.1 Å². The van der Waals surface area contributed by atoms with Gasteiger partial charge in [0.25, 0.3) is 5.91 Å². The SMILES string of the molecule is Cc1cc(C(=O)NCC(C)(C)N)c(C)n1Cc1ccccn1. The van der Waals surface area contributed by atoms with Crippen molar-refractivity contribution >= 4 is 5.91 Å². The highest BCUT2D eigenvalue weighted by Crippen LogP contribution is 2.16. The van der Waals surface area contributed by atoms with Crippen molar-refractivity contribution in [1.82, 2.24) is 14.9 Å². The van der Waals surface area contributed by atoms with Crippen molar-refractivity contribution in [3.05, 3.63) is 53.1 Å². The van der Waals surface area contributed by atoms with E-state index in [2.05, 4.69) is 14.9 Å². The van der Waals surface area contributed by atoms with E-state index in [-0.39, 0.29) is 5.91 Å². The zero-order valence-electron chi connectivity index (χ0n) is 13.7. The van der Waals surface area contributed by atoms with E-state index >= 15 is 0 Å². The van der Waals surface area contributed by atoms with Crippen LogP contribution in [0.4, 0.5) is 0 Å². The van der Waals surface area contributed by atoms with Crippen molar-refractivity contribution < 1.29 is 4.79 Å². The molecule has 2 rings (SSSR count). The van der Waals surface area contributed by atoms with Crippen LogP contribution in [0.25, 0.3) is 0 Å². The summed E-state index contributed by atoms with van der Waals surface area (Å²) >= 11 is 0. The Hall–Kier alpha value is -2.14. The minimum atomic E-state index is -0.421. The second kappa shape index (κ2) is 6.32. The van der Waals surface area contributed by atoms with E-state index in [4.69, 9.17) is 5.73 Å². The van der Waals surface area contributed by atoms with E-state index in [1.165, 1.54) is 0 Å². The van der Waals surface area contributed by atoms with E-state index in [9.17, 15) is 4.79 Å². The molecule has 1 amide bonds. The Bertz CT molecular complexity index is 653. The lowest BCUT2D eigenvalue weighted by atomic mass is 10.1. The average Bonchev–Trinajstić information content (AvgIpc) is 2.73. The number of hydrogen-bond donors (Lipinski definition) is 2. The molecule has 0 aliphatic rings. The number of nitrogens with zero attached hydrogens (tertiary/aromatic N) is 2. The molecule has 0 fully saturated rings. The van der Waals surface area contributed by atoms with Gasteiger partial charge in [0.05, 0.1) is 17.8 Å². The number of carbonyl (C=O) groups is 1. The van der Waals surface area contributed by atoms with E-state index in [0.29, 0.717) is 18.7 Å². The van der Waals surface area contributed by atoms with E-state index in [1.807, 2.05) is 52.0 Å². The van der Waals surface area contributed by atoms with Gasteiger partial charge in [-0.3, -0.25) is 9.78 Å². The van der Waals surface area contributed by atoms with Crippen LogP contribution >= 0.6 is 0 Å². The molecule has 3 N–H and O–H groups in total. The summed E-state index contributed by atoms with van der Waals surface area (Å²) in [6.07, 6.45) is 1.78.